The summed E-state index contributed by atoms with van der Waals surface area (Å²) < 4.78 is 5.69. The Morgan fingerprint density at radius 3 is 2.83 bits per heavy atom. The Labute approximate surface area is 149 Å². The lowest BCUT2D eigenvalue weighted by Crippen LogP contribution is -3.13. The Kier molecular flexibility index (Phi) is 4.31. The summed E-state index contributed by atoms with van der Waals surface area (Å²) in [6.45, 7) is 4.49. The number of thiophene rings is 1. The van der Waals surface area contributed by atoms with Gasteiger partial charge in [-0.2, -0.15) is 11.3 Å². The average Bonchev–Trinajstić information content (AvgIpc) is 3.24. The standard InChI is InChI=1S/C18H17ClN2O2S/c19-15-1-2-16-14(9-15)10-17(23-16)18(22)21-6-4-20(5-7-21)11-13-3-8-24-12-13/h1-3,8-10,12H,4-7,11H2/p+1. The first kappa shape index (κ1) is 15.7. The maximum atomic E-state index is 12.7. The summed E-state index contributed by atoms with van der Waals surface area (Å²) in [6.07, 6.45) is 0. The van der Waals surface area contributed by atoms with Gasteiger partial charge in [0, 0.05) is 16.0 Å². The van der Waals surface area contributed by atoms with Crippen LogP contribution in [0, 0.1) is 0 Å². The molecule has 1 N–H and O–H groups in total. The molecule has 1 amide bonds. The molecular weight excluding hydrogens is 344 g/mol. The van der Waals surface area contributed by atoms with E-state index in [9.17, 15) is 4.79 Å². The van der Waals surface area contributed by atoms with Gasteiger partial charge in [-0.1, -0.05) is 11.6 Å². The molecule has 3 aromatic rings. The molecule has 0 aliphatic carbocycles. The molecule has 0 unspecified atom stereocenters. The maximum absolute atomic E-state index is 12.7. The molecule has 1 fully saturated rings. The van der Waals surface area contributed by atoms with Gasteiger partial charge in [0.15, 0.2) is 5.76 Å². The van der Waals surface area contributed by atoms with Gasteiger partial charge in [0.1, 0.15) is 12.1 Å². The van der Waals surface area contributed by atoms with E-state index in [4.69, 9.17) is 16.0 Å². The Balaban J connectivity index is 1.41. The molecule has 3 heterocycles. The highest BCUT2D eigenvalue weighted by Crippen LogP contribution is 2.23. The van der Waals surface area contributed by atoms with Crippen molar-refractivity contribution < 1.29 is 14.1 Å². The highest BCUT2D eigenvalue weighted by molar-refractivity contribution is 7.07. The van der Waals surface area contributed by atoms with Crippen molar-refractivity contribution in [1.29, 1.82) is 0 Å². The van der Waals surface area contributed by atoms with Crippen LogP contribution in [0.25, 0.3) is 11.0 Å². The minimum atomic E-state index is -0.0306. The lowest BCUT2D eigenvalue weighted by molar-refractivity contribution is -0.917. The highest BCUT2D eigenvalue weighted by atomic mass is 35.5. The summed E-state index contributed by atoms with van der Waals surface area (Å²) in [5.74, 6) is 0.366. The summed E-state index contributed by atoms with van der Waals surface area (Å²) in [6, 6.07) is 9.36. The molecule has 1 aromatic carbocycles. The first-order valence-corrected chi connectivity index (χ1v) is 9.34. The van der Waals surface area contributed by atoms with E-state index in [1.165, 1.54) is 10.5 Å². The van der Waals surface area contributed by atoms with Gasteiger partial charge in [-0.3, -0.25) is 4.79 Å². The van der Waals surface area contributed by atoms with Crippen LogP contribution < -0.4 is 4.90 Å². The minimum Gasteiger partial charge on any atom is -0.451 e. The average molecular weight is 362 g/mol. The summed E-state index contributed by atoms with van der Waals surface area (Å²) in [7, 11) is 0. The van der Waals surface area contributed by atoms with Crippen LogP contribution in [0.1, 0.15) is 16.1 Å². The van der Waals surface area contributed by atoms with Crippen molar-refractivity contribution >= 4 is 39.8 Å². The number of nitrogens with one attached hydrogen (secondary N) is 1. The number of nitrogens with zero attached hydrogens (tertiary/aromatic N) is 1. The molecule has 1 aliphatic rings. The highest BCUT2D eigenvalue weighted by Gasteiger charge is 2.26. The molecule has 1 saturated heterocycles. The van der Waals surface area contributed by atoms with Gasteiger partial charge in [0.25, 0.3) is 5.91 Å². The number of benzene rings is 1. The number of hydrogen-bond acceptors (Lipinski definition) is 3. The number of amides is 1. The summed E-state index contributed by atoms with van der Waals surface area (Å²) in [5, 5.41) is 5.83. The van der Waals surface area contributed by atoms with Gasteiger partial charge in [0.05, 0.1) is 26.2 Å². The molecule has 2 aromatic heterocycles. The second-order valence-electron chi connectivity index (χ2n) is 6.14. The molecule has 0 bridgehead atoms. The third-order valence-electron chi connectivity index (χ3n) is 4.48. The molecule has 24 heavy (non-hydrogen) atoms. The number of furan rings is 1. The van der Waals surface area contributed by atoms with Crippen LogP contribution in [0.5, 0.6) is 0 Å². The van der Waals surface area contributed by atoms with Gasteiger partial charge >= 0.3 is 0 Å². The Bertz CT molecular complexity index is 851. The Morgan fingerprint density at radius 2 is 2.08 bits per heavy atom. The fraction of sp³-hybridized carbons (Fsp3) is 0.278. The number of fused-ring (bicyclic) bond motifs is 1. The van der Waals surface area contributed by atoms with Crippen molar-refractivity contribution in [3.05, 3.63) is 57.4 Å². The molecule has 6 heteroatoms. The van der Waals surface area contributed by atoms with Gasteiger partial charge < -0.3 is 14.2 Å². The summed E-state index contributed by atoms with van der Waals surface area (Å²) >= 11 is 7.73. The number of piperazine rings is 1. The number of carbonyl (C=O) groups is 1. The molecule has 4 nitrogen and oxygen atoms in total. The molecule has 124 valence electrons. The van der Waals surface area contributed by atoms with E-state index in [1.54, 1.807) is 29.5 Å². The number of halogens is 1. The van der Waals surface area contributed by atoms with Crippen molar-refractivity contribution in [1.82, 2.24) is 4.90 Å². The van der Waals surface area contributed by atoms with Crippen molar-refractivity contribution in [3.63, 3.8) is 0 Å². The van der Waals surface area contributed by atoms with E-state index in [0.29, 0.717) is 16.4 Å². The first-order chi connectivity index (χ1) is 11.7. The van der Waals surface area contributed by atoms with Gasteiger partial charge in [-0.05, 0) is 41.1 Å². The van der Waals surface area contributed by atoms with Gasteiger partial charge in [0.2, 0.25) is 0 Å². The number of hydrogen-bond donors (Lipinski definition) is 1. The van der Waals surface area contributed by atoms with Crippen LogP contribution in [-0.2, 0) is 6.54 Å². The molecule has 0 radical (unpaired) electrons. The van der Waals surface area contributed by atoms with Crippen molar-refractivity contribution in [3.8, 4) is 0 Å². The Morgan fingerprint density at radius 1 is 1.25 bits per heavy atom. The van der Waals surface area contributed by atoms with E-state index < -0.39 is 0 Å². The molecule has 0 spiro atoms. The van der Waals surface area contributed by atoms with Crippen molar-refractivity contribution in [2.75, 3.05) is 26.2 Å². The molecule has 0 saturated carbocycles. The smallest absolute Gasteiger partial charge is 0.290 e. The van der Waals surface area contributed by atoms with Gasteiger partial charge in [-0.25, -0.2) is 0 Å². The van der Waals surface area contributed by atoms with E-state index in [1.807, 2.05) is 11.0 Å². The van der Waals surface area contributed by atoms with Crippen LogP contribution in [-0.4, -0.2) is 37.0 Å². The summed E-state index contributed by atoms with van der Waals surface area (Å²) in [5.41, 5.74) is 2.08. The largest absolute Gasteiger partial charge is 0.451 e. The van der Waals surface area contributed by atoms with Crippen LogP contribution in [0.15, 0.2) is 45.5 Å². The number of carbonyl (C=O) groups excluding carboxylic acids is 1. The van der Waals surface area contributed by atoms with Crippen LogP contribution in [0.3, 0.4) is 0 Å². The second-order valence-corrected chi connectivity index (χ2v) is 7.36. The van der Waals surface area contributed by atoms with E-state index >= 15 is 0 Å². The second kappa shape index (κ2) is 6.59. The van der Waals surface area contributed by atoms with E-state index in [0.717, 1.165) is 38.1 Å². The monoisotopic (exact) mass is 361 g/mol. The maximum Gasteiger partial charge on any atom is 0.290 e. The zero-order valence-electron chi connectivity index (χ0n) is 13.1. The van der Waals surface area contributed by atoms with E-state index in [-0.39, 0.29) is 5.91 Å². The lowest BCUT2D eigenvalue weighted by atomic mass is 10.2. The van der Waals surface area contributed by atoms with E-state index in [2.05, 4.69) is 16.8 Å². The zero-order chi connectivity index (χ0) is 16.5. The molecule has 4 rings (SSSR count). The van der Waals surface area contributed by atoms with Crippen LogP contribution >= 0.6 is 22.9 Å². The normalized spacial score (nSPS) is 16.0. The van der Waals surface area contributed by atoms with Crippen molar-refractivity contribution in [2.45, 2.75) is 6.54 Å². The number of quaternary nitrogens is 1. The molecule has 1 aliphatic heterocycles. The number of rotatable bonds is 3. The van der Waals surface area contributed by atoms with Crippen molar-refractivity contribution in [2.24, 2.45) is 0 Å². The fourth-order valence-corrected chi connectivity index (χ4v) is 4.01. The van der Waals surface area contributed by atoms with Crippen LogP contribution in [0.4, 0.5) is 0 Å². The third-order valence-corrected chi connectivity index (χ3v) is 5.45. The van der Waals surface area contributed by atoms with Gasteiger partial charge in [-0.15, -0.1) is 0 Å². The predicted octanol–water partition coefficient (Wildman–Crippen LogP) is 2.69. The Hall–Kier alpha value is -1.82. The minimum absolute atomic E-state index is 0.0306. The predicted molar refractivity (Wildman–Crippen MR) is 95.8 cm³/mol. The third kappa shape index (κ3) is 3.20. The molecule has 0 atom stereocenters. The van der Waals surface area contributed by atoms with Crippen LogP contribution in [0.2, 0.25) is 5.02 Å². The fourth-order valence-electron chi connectivity index (χ4n) is 3.16. The first-order valence-electron chi connectivity index (χ1n) is 8.02. The lowest BCUT2D eigenvalue weighted by Gasteiger charge is -2.31. The molecular formula is C18H18ClN2O2S+. The quantitative estimate of drug-likeness (QED) is 0.779. The SMILES string of the molecule is O=C(c1cc2cc(Cl)ccc2o1)N1CC[NH+](Cc2ccsc2)CC1. The zero-order valence-corrected chi connectivity index (χ0v) is 14.7. The topological polar surface area (TPSA) is 37.9 Å². The summed E-state index contributed by atoms with van der Waals surface area (Å²) in [4.78, 5) is 16.1.